The van der Waals surface area contributed by atoms with Crippen molar-refractivity contribution in [1.82, 2.24) is 0 Å². The van der Waals surface area contributed by atoms with E-state index in [9.17, 15) is 4.79 Å². The first-order chi connectivity index (χ1) is 3.95. The van der Waals surface area contributed by atoms with Crippen LogP contribution in [0.4, 0.5) is 0 Å². The molecule has 0 aliphatic heterocycles. The molecule has 0 amide bonds. The first-order valence-corrected chi connectivity index (χ1v) is 3.09. The SMILES string of the molecule is C=C(C=O)CC(C)(C)C. The van der Waals surface area contributed by atoms with Gasteiger partial charge in [0.2, 0.25) is 0 Å². The molecule has 0 N–H and O–H groups in total. The second-order valence-corrected chi connectivity index (χ2v) is 3.51. The van der Waals surface area contributed by atoms with Gasteiger partial charge in [-0.05, 0) is 17.4 Å². The maximum atomic E-state index is 10.1. The first-order valence-electron chi connectivity index (χ1n) is 3.09. The minimum atomic E-state index is 0.192. The quantitative estimate of drug-likeness (QED) is 0.409. The smallest absolute Gasteiger partial charge is 0.145 e. The van der Waals surface area contributed by atoms with Crippen molar-refractivity contribution < 1.29 is 4.79 Å². The van der Waals surface area contributed by atoms with Gasteiger partial charge in [0.1, 0.15) is 6.29 Å². The summed E-state index contributed by atoms with van der Waals surface area (Å²) in [6, 6.07) is 0. The maximum absolute atomic E-state index is 10.1. The van der Waals surface area contributed by atoms with Crippen molar-refractivity contribution in [2.75, 3.05) is 0 Å². The van der Waals surface area contributed by atoms with E-state index >= 15 is 0 Å². The van der Waals surface area contributed by atoms with Crippen LogP contribution in [0.5, 0.6) is 0 Å². The summed E-state index contributed by atoms with van der Waals surface area (Å²) in [5, 5.41) is 0. The molecule has 0 aromatic carbocycles. The maximum Gasteiger partial charge on any atom is 0.145 e. The summed E-state index contributed by atoms with van der Waals surface area (Å²) in [7, 11) is 0. The Labute approximate surface area is 56.8 Å². The molecule has 0 atom stereocenters. The third-order valence-electron chi connectivity index (χ3n) is 0.924. The van der Waals surface area contributed by atoms with Gasteiger partial charge in [0.05, 0.1) is 0 Å². The normalized spacial score (nSPS) is 11.0. The molecule has 0 saturated heterocycles. The number of carbonyl (C=O) groups excluding carboxylic acids is 1. The Hall–Kier alpha value is -0.590. The number of hydrogen-bond acceptors (Lipinski definition) is 1. The highest BCUT2D eigenvalue weighted by molar-refractivity contribution is 5.72. The second kappa shape index (κ2) is 2.81. The van der Waals surface area contributed by atoms with E-state index in [0.717, 1.165) is 12.7 Å². The predicted molar refractivity (Wildman–Crippen MR) is 39.3 cm³/mol. The molecule has 9 heavy (non-hydrogen) atoms. The van der Waals surface area contributed by atoms with Gasteiger partial charge in [-0.15, -0.1) is 0 Å². The minimum Gasteiger partial charge on any atom is -0.298 e. The van der Waals surface area contributed by atoms with Crippen LogP contribution >= 0.6 is 0 Å². The molecule has 0 spiro atoms. The van der Waals surface area contributed by atoms with E-state index < -0.39 is 0 Å². The number of carbonyl (C=O) groups is 1. The highest BCUT2D eigenvalue weighted by atomic mass is 16.1. The third-order valence-corrected chi connectivity index (χ3v) is 0.924. The zero-order valence-electron chi connectivity index (χ0n) is 6.40. The Bertz CT molecular complexity index is 117. The van der Waals surface area contributed by atoms with E-state index in [-0.39, 0.29) is 5.41 Å². The first kappa shape index (κ1) is 8.41. The Kier molecular flexibility index (Phi) is 2.63. The fourth-order valence-electron chi connectivity index (χ4n) is 0.723. The zero-order valence-corrected chi connectivity index (χ0v) is 6.40. The summed E-state index contributed by atoms with van der Waals surface area (Å²) in [6.07, 6.45) is 1.61. The average Bonchev–Trinajstić information content (AvgIpc) is 1.62. The molecular weight excluding hydrogens is 112 g/mol. The van der Waals surface area contributed by atoms with Crippen molar-refractivity contribution >= 4 is 6.29 Å². The summed E-state index contributed by atoms with van der Waals surface area (Å²) >= 11 is 0. The van der Waals surface area contributed by atoms with Crippen molar-refractivity contribution in [1.29, 1.82) is 0 Å². The standard InChI is InChI=1S/C8H14O/c1-7(6-9)5-8(2,3)4/h6H,1,5H2,2-4H3. The lowest BCUT2D eigenvalue weighted by Crippen LogP contribution is -2.05. The minimum absolute atomic E-state index is 0.192. The van der Waals surface area contributed by atoms with Gasteiger partial charge in [-0.1, -0.05) is 27.4 Å². The van der Waals surface area contributed by atoms with Crippen molar-refractivity contribution in [3.8, 4) is 0 Å². The number of hydrogen-bond donors (Lipinski definition) is 0. The van der Waals surface area contributed by atoms with Crippen molar-refractivity contribution in [3.63, 3.8) is 0 Å². The van der Waals surface area contributed by atoms with Gasteiger partial charge in [0.15, 0.2) is 0 Å². The lowest BCUT2D eigenvalue weighted by atomic mass is 9.89. The van der Waals surface area contributed by atoms with Gasteiger partial charge >= 0.3 is 0 Å². The molecule has 0 saturated carbocycles. The summed E-state index contributed by atoms with van der Waals surface area (Å²) in [4.78, 5) is 10.1. The van der Waals surface area contributed by atoms with Crippen LogP contribution in [-0.2, 0) is 4.79 Å². The van der Waals surface area contributed by atoms with E-state index in [1.807, 2.05) is 0 Å². The Morgan fingerprint density at radius 3 is 2.11 bits per heavy atom. The van der Waals surface area contributed by atoms with E-state index in [2.05, 4.69) is 27.4 Å². The molecule has 1 heteroatoms. The Morgan fingerprint density at radius 2 is 2.00 bits per heavy atom. The molecule has 0 fully saturated rings. The molecule has 0 aliphatic rings. The van der Waals surface area contributed by atoms with Crippen LogP contribution in [-0.4, -0.2) is 6.29 Å². The fourth-order valence-corrected chi connectivity index (χ4v) is 0.723. The molecular formula is C8H14O. The summed E-state index contributed by atoms with van der Waals surface area (Å²) in [5.74, 6) is 0. The monoisotopic (exact) mass is 126 g/mol. The zero-order chi connectivity index (χ0) is 7.49. The number of allylic oxidation sites excluding steroid dienone is 1. The van der Waals surface area contributed by atoms with Crippen LogP contribution in [0.2, 0.25) is 0 Å². The molecule has 0 aromatic heterocycles. The number of aldehydes is 1. The average molecular weight is 126 g/mol. The van der Waals surface area contributed by atoms with E-state index in [1.54, 1.807) is 0 Å². The van der Waals surface area contributed by atoms with E-state index in [0.29, 0.717) is 5.57 Å². The van der Waals surface area contributed by atoms with Gasteiger partial charge in [0.25, 0.3) is 0 Å². The molecule has 0 heterocycles. The molecule has 0 bridgehead atoms. The van der Waals surface area contributed by atoms with E-state index in [4.69, 9.17) is 0 Å². The van der Waals surface area contributed by atoms with Crippen LogP contribution in [0.15, 0.2) is 12.2 Å². The molecule has 0 unspecified atom stereocenters. The van der Waals surface area contributed by atoms with Crippen molar-refractivity contribution in [3.05, 3.63) is 12.2 Å². The van der Waals surface area contributed by atoms with Crippen molar-refractivity contribution in [2.24, 2.45) is 5.41 Å². The fraction of sp³-hybridized carbons (Fsp3) is 0.625. The molecule has 1 nitrogen and oxygen atoms in total. The topological polar surface area (TPSA) is 17.1 Å². The summed E-state index contributed by atoms with van der Waals surface area (Å²) < 4.78 is 0. The van der Waals surface area contributed by atoms with Gasteiger partial charge < -0.3 is 0 Å². The number of rotatable bonds is 2. The second-order valence-electron chi connectivity index (χ2n) is 3.51. The highest BCUT2D eigenvalue weighted by Crippen LogP contribution is 2.21. The van der Waals surface area contributed by atoms with Crippen LogP contribution < -0.4 is 0 Å². The summed E-state index contributed by atoms with van der Waals surface area (Å²) in [5.41, 5.74) is 0.875. The van der Waals surface area contributed by atoms with Gasteiger partial charge in [-0.25, -0.2) is 0 Å². The van der Waals surface area contributed by atoms with Crippen LogP contribution in [0, 0.1) is 5.41 Å². The highest BCUT2D eigenvalue weighted by Gasteiger charge is 2.10. The summed E-state index contributed by atoms with van der Waals surface area (Å²) in [6.45, 7) is 9.85. The largest absolute Gasteiger partial charge is 0.298 e. The van der Waals surface area contributed by atoms with Gasteiger partial charge in [0, 0.05) is 0 Å². The van der Waals surface area contributed by atoms with E-state index in [1.165, 1.54) is 0 Å². The van der Waals surface area contributed by atoms with Crippen LogP contribution in [0.25, 0.3) is 0 Å². The molecule has 0 aromatic rings. The van der Waals surface area contributed by atoms with Crippen molar-refractivity contribution in [2.45, 2.75) is 27.2 Å². The molecule has 0 radical (unpaired) electrons. The van der Waals surface area contributed by atoms with Gasteiger partial charge in [-0.3, -0.25) is 4.79 Å². The third kappa shape index (κ3) is 5.28. The predicted octanol–water partition coefficient (Wildman–Crippen LogP) is 2.18. The van der Waals surface area contributed by atoms with Crippen LogP contribution in [0.1, 0.15) is 27.2 Å². The molecule has 0 rings (SSSR count). The Balaban J connectivity index is 3.74. The molecule has 52 valence electrons. The molecule has 0 aliphatic carbocycles. The van der Waals surface area contributed by atoms with Gasteiger partial charge in [-0.2, -0.15) is 0 Å². The Morgan fingerprint density at radius 1 is 1.56 bits per heavy atom. The lowest BCUT2D eigenvalue weighted by molar-refractivity contribution is -0.105. The lowest BCUT2D eigenvalue weighted by Gasteiger charge is -2.16. The van der Waals surface area contributed by atoms with Crippen LogP contribution in [0.3, 0.4) is 0 Å².